The Kier molecular flexibility index (Phi) is 17.6. The van der Waals surface area contributed by atoms with Crippen LogP contribution in [-0.2, 0) is 27.9 Å². The van der Waals surface area contributed by atoms with E-state index >= 15 is 0 Å². The number of nitrogens with zero attached hydrogens (tertiary/aromatic N) is 6. The Labute approximate surface area is 314 Å². The molecule has 0 bridgehead atoms. The molecule has 0 aromatic carbocycles. The fourth-order valence-corrected chi connectivity index (χ4v) is 7.39. The summed E-state index contributed by atoms with van der Waals surface area (Å²) in [7, 11) is -4.64. The highest BCUT2D eigenvalue weighted by atomic mass is 31.2. The number of phosphoric ester groups is 1. The molecule has 2 aromatic rings. The molecule has 300 valence electrons. The van der Waals surface area contributed by atoms with Crippen molar-refractivity contribution in [1.29, 1.82) is 0 Å². The van der Waals surface area contributed by atoms with Crippen LogP contribution in [0, 0.1) is 6.92 Å². The number of rotatable bonds is 24. The van der Waals surface area contributed by atoms with Gasteiger partial charge >= 0.3 is 19.2 Å². The van der Waals surface area contributed by atoms with Gasteiger partial charge in [-0.3, -0.25) is 32.8 Å². The van der Waals surface area contributed by atoms with Gasteiger partial charge in [0, 0.05) is 35.7 Å². The zero-order chi connectivity index (χ0) is 38.9. The lowest BCUT2D eigenvalue weighted by Gasteiger charge is -2.20. The molecular weight excluding hydrogens is 723 g/mol. The molecule has 0 aliphatic carbocycles. The predicted octanol–water partition coefficient (Wildman–Crippen LogP) is 6.30. The number of amides is 1. The summed E-state index contributed by atoms with van der Waals surface area (Å²) in [6.45, 7) is 2.93. The summed E-state index contributed by atoms with van der Waals surface area (Å²) < 4.78 is 37.1. The molecule has 19 heteroatoms. The molecule has 2 aliphatic rings. The molecule has 0 radical (unpaired) electrons. The third-order valence-corrected chi connectivity index (χ3v) is 10.6. The molecule has 6 atom stereocenters. The maximum atomic E-state index is 12.8. The number of hydrogen-bond donors (Lipinski definition) is 3. The Morgan fingerprint density at radius 3 is 2.30 bits per heavy atom. The minimum Gasteiger partial charge on any atom is -0.352 e. The van der Waals surface area contributed by atoms with E-state index in [9.17, 15) is 28.6 Å². The van der Waals surface area contributed by atoms with Gasteiger partial charge in [0.25, 0.3) is 5.56 Å². The number of phosphoric acid groups is 1. The van der Waals surface area contributed by atoms with Gasteiger partial charge < -0.3 is 19.7 Å². The maximum absolute atomic E-state index is 12.8. The Morgan fingerprint density at radius 1 is 1.00 bits per heavy atom. The van der Waals surface area contributed by atoms with Crippen LogP contribution in [0.5, 0.6) is 0 Å². The summed E-state index contributed by atoms with van der Waals surface area (Å²) in [5.41, 5.74) is 7.37. The number of aryl methyl sites for hydroxylation is 1. The van der Waals surface area contributed by atoms with Crippen LogP contribution in [0.2, 0.25) is 0 Å². The van der Waals surface area contributed by atoms with Crippen LogP contribution in [0.3, 0.4) is 0 Å². The minimum atomic E-state index is -4.64. The number of nitrogens with one attached hydrogen (secondary N) is 2. The van der Waals surface area contributed by atoms with Crippen LogP contribution in [-0.4, -0.2) is 61.4 Å². The van der Waals surface area contributed by atoms with E-state index in [1.807, 2.05) is 0 Å². The molecule has 4 heterocycles. The summed E-state index contributed by atoms with van der Waals surface area (Å²) >= 11 is 0. The van der Waals surface area contributed by atoms with E-state index in [-0.39, 0.29) is 30.3 Å². The molecule has 1 unspecified atom stereocenters. The molecule has 4 rings (SSSR count). The highest BCUT2D eigenvalue weighted by Crippen LogP contribution is 2.45. The number of ether oxygens (including phenoxy) is 2. The molecule has 0 saturated carbocycles. The Balaban J connectivity index is 1.13. The molecule has 54 heavy (non-hydrogen) atoms. The van der Waals surface area contributed by atoms with Crippen LogP contribution >= 0.6 is 7.82 Å². The monoisotopic (exact) mass is 778 g/mol. The van der Waals surface area contributed by atoms with Gasteiger partial charge in [-0.1, -0.05) is 89.1 Å². The van der Waals surface area contributed by atoms with E-state index in [0.717, 1.165) is 23.8 Å². The number of unbranched alkanes of at least 4 members (excludes halogenated alkanes) is 12. The van der Waals surface area contributed by atoms with Crippen LogP contribution < -0.4 is 22.3 Å². The van der Waals surface area contributed by atoms with Crippen molar-refractivity contribution in [2.45, 2.75) is 154 Å². The second-order valence-corrected chi connectivity index (χ2v) is 15.5. The molecule has 2 aliphatic heterocycles. The number of anilines is 1. The van der Waals surface area contributed by atoms with E-state index in [0.29, 0.717) is 19.3 Å². The van der Waals surface area contributed by atoms with Crippen molar-refractivity contribution in [2.75, 3.05) is 18.5 Å². The molecule has 18 nitrogen and oxygen atoms in total. The van der Waals surface area contributed by atoms with Gasteiger partial charge in [-0.25, -0.2) is 14.2 Å². The number of aromatic amines is 1. The molecule has 1 amide bonds. The van der Waals surface area contributed by atoms with Crippen LogP contribution in [0.1, 0.15) is 134 Å². The van der Waals surface area contributed by atoms with Gasteiger partial charge in [0.2, 0.25) is 5.91 Å². The number of azide groups is 1. The summed E-state index contributed by atoms with van der Waals surface area (Å²) in [6, 6.07) is 0.689. The van der Waals surface area contributed by atoms with E-state index in [2.05, 4.69) is 32.2 Å². The quantitative estimate of drug-likeness (QED) is 0.0351. The zero-order valence-corrected chi connectivity index (χ0v) is 32.2. The minimum absolute atomic E-state index is 0.0540. The predicted molar refractivity (Wildman–Crippen MR) is 200 cm³/mol. The third-order valence-electron chi connectivity index (χ3n) is 9.69. The summed E-state index contributed by atoms with van der Waals surface area (Å²) in [4.78, 5) is 68.5. The van der Waals surface area contributed by atoms with E-state index < -0.39 is 62.1 Å². The van der Waals surface area contributed by atoms with Gasteiger partial charge in [0.15, 0.2) is 0 Å². The number of hydrogen-bond acceptors (Lipinski definition) is 11. The Morgan fingerprint density at radius 2 is 1.65 bits per heavy atom. The number of H-pyrrole nitrogens is 1. The van der Waals surface area contributed by atoms with Gasteiger partial charge in [-0.2, -0.15) is 4.98 Å². The average Bonchev–Trinajstić information content (AvgIpc) is 3.77. The van der Waals surface area contributed by atoms with Crippen LogP contribution in [0.15, 0.2) is 38.0 Å². The maximum Gasteiger partial charge on any atom is 0.472 e. The van der Waals surface area contributed by atoms with E-state index in [1.54, 1.807) is 0 Å². The second-order valence-electron chi connectivity index (χ2n) is 14.0. The highest BCUT2D eigenvalue weighted by molar-refractivity contribution is 7.47. The van der Waals surface area contributed by atoms with E-state index in [4.69, 9.17) is 24.1 Å². The van der Waals surface area contributed by atoms with Crippen LogP contribution in [0.25, 0.3) is 10.4 Å². The Bertz CT molecular complexity index is 1780. The topological polar surface area (TPSA) is 242 Å². The van der Waals surface area contributed by atoms with Gasteiger partial charge in [0.05, 0.1) is 31.5 Å². The van der Waals surface area contributed by atoms with Crippen molar-refractivity contribution in [3.05, 3.63) is 65.8 Å². The first-order valence-electron chi connectivity index (χ1n) is 19.2. The van der Waals surface area contributed by atoms with Crippen LogP contribution in [0.4, 0.5) is 5.82 Å². The fraction of sp³-hybridized carbons (Fsp3) is 0.743. The average molecular weight is 779 g/mol. The standard InChI is InChI=1S/C35H55N8O10P/c1-3-4-5-6-7-8-9-10-11-12-13-14-15-16-30(44)37-29-19-20-42(34(46)38-29)31-18-17-26(52-31)23-50-54(48,49)51-24-28-27(40-41-36)21-32(53-28)43-22-25(2)33(45)39-35(43)47/h19-20,22,26-28,31-32H,3-18,21,23-24H2,1-2H3,(H,48,49)(H,39,45,47)(H,37,38,44,46)/t26-,27-,28+,31+,32+/m0/s1. The lowest BCUT2D eigenvalue weighted by Crippen LogP contribution is -2.33. The molecule has 2 aromatic heterocycles. The molecule has 2 fully saturated rings. The van der Waals surface area contributed by atoms with Crippen molar-refractivity contribution >= 4 is 19.5 Å². The summed E-state index contributed by atoms with van der Waals surface area (Å²) in [6.07, 6.45) is 16.7. The largest absolute Gasteiger partial charge is 0.472 e. The normalized spacial score (nSPS) is 22.2. The first-order valence-corrected chi connectivity index (χ1v) is 20.7. The molecular formula is C35H55N8O10P. The second kappa shape index (κ2) is 22.1. The lowest BCUT2D eigenvalue weighted by molar-refractivity contribution is -0.116. The smallest absolute Gasteiger partial charge is 0.352 e. The third kappa shape index (κ3) is 13.9. The lowest BCUT2D eigenvalue weighted by atomic mass is 10.0. The van der Waals surface area contributed by atoms with Crippen molar-refractivity contribution in [3.63, 3.8) is 0 Å². The van der Waals surface area contributed by atoms with Crippen molar-refractivity contribution in [1.82, 2.24) is 19.1 Å². The molecule has 0 spiro atoms. The van der Waals surface area contributed by atoms with Gasteiger partial charge in [0.1, 0.15) is 18.3 Å². The Hall–Kier alpha value is -3.63. The summed E-state index contributed by atoms with van der Waals surface area (Å²) in [5.74, 6) is -0.0343. The van der Waals surface area contributed by atoms with Crippen molar-refractivity contribution < 1.29 is 32.8 Å². The number of carbonyl (C=O) groups excluding carboxylic acids is 1. The number of aromatic nitrogens is 4. The SMILES string of the molecule is CCCCCCCCCCCCCCCC(=O)Nc1ccn([C@H]2CC[C@@H](COP(=O)(O)OC[C@H]3O[C@@H](n4cc(C)c(=O)[nH]c4=O)C[C@@H]3N=[N+]=[N-])O2)c(=O)n1. The number of carbonyl (C=O) groups is 1. The highest BCUT2D eigenvalue weighted by Gasteiger charge is 2.39. The van der Waals surface area contributed by atoms with E-state index in [1.165, 1.54) is 94.2 Å². The zero-order valence-electron chi connectivity index (χ0n) is 31.3. The van der Waals surface area contributed by atoms with Gasteiger partial charge in [-0.05, 0) is 37.8 Å². The fourth-order valence-electron chi connectivity index (χ4n) is 6.63. The first kappa shape index (κ1) is 43.1. The first-order chi connectivity index (χ1) is 26.0. The summed E-state index contributed by atoms with van der Waals surface area (Å²) in [5, 5.41) is 6.35. The van der Waals surface area contributed by atoms with Gasteiger partial charge in [-0.15, -0.1) is 0 Å². The molecule has 2 saturated heterocycles. The molecule has 3 N–H and O–H groups in total. The van der Waals surface area contributed by atoms with Crippen molar-refractivity contribution in [3.8, 4) is 0 Å². The van der Waals surface area contributed by atoms with Crippen molar-refractivity contribution in [2.24, 2.45) is 5.11 Å².